The van der Waals surface area contributed by atoms with E-state index in [0.717, 1.165) is 6.07 Å². The SMILES string of the molecule is Cc1c(C(=O)Nc2ccc(F)c(C(F)(F)F)c2)nnn1-c1ccc(OC(F)F)cc1. The third-order valence-electron chi connectivity index (χ3n) is 3.95. The Kier molecular flexibility index (Phi) is 5.67. The number of hydrogen-bond acceptors (Lipinski definition) is 4. The average Bonchev–Trinajstić information content (AvgIpc) is 3.04. The van der Waals surface area contributed by atoms with Gasteiger partial charge in [-0.25, -0.2) is 9.07 Å². The molecule has 0 aliphatic heterocycles. The third kappa shape index (κ3) is 4.53. The van der Waals surface area contributed by atoms with E-state index in [-0.39, 0.29) is 22.8 Å². The number of alkyl halides is 5. The fourth-order valence-electron chi connectivity index (χ4n) is 2.56. The van der Waals surface area contributed by atoms with Crippen LogP contribution in [0.5, 0.6) is 5.75 Å². The highest BCUT2D eigenvalue weighted by atomic mass is 19.4. The van der Waals surface area contributed by atoms with Gasteiger partial charge >= 0.3 is 12.8 Å². The standard InChI is InChI=1S/C18H12F6N4O2/c1-9-15(16(29)25-10-2-7-14(19)13(8-10)18(22,23)24)26-27-28(9)11-3-5-12(6-4-11)30-17(20)21/h2-8,17H,1H3,(H,25,29). The molecule has 0 aliphatic carbocycles. The van der Waals surface area contributed by atoms with Crippen LogP contribution in [0, 0.1) is 12.7 Å². The summed E-state index contributed by atoms with van der Waals surface area (Å²) in [4.78, 5) is 12.4. The molecule has 0 spiro atoms. The number of aromatic nitrogens is 3. The average molecular weight is 430 g/mol. The van der Waals surface area contributed by atoms with Crippen molar-refractivity contribution >= 4 is 11.6 Å². The fraction of sp³-hybridized carbons (Fsp3) is 0.167. The van der Waals surface area contributed by atoms with Crippen LogP contribution in [-0.2, 0) is 6.18 Å². The fourth-order valence-corrected chi connectivity index (χ4v) is 2.56. The zero-order valence-corrected chi connectivity index (χ0v) is 15.0. The molecule has 0 bridgehead atoms. The molecule has 3 rings (SSSR count). The Morgan fingerprint density at radius 3 is 2.40 bits per heavy atom. The van der Waals surface area contributed by atoms with Gasteiger partial charge in [0.05, 0.1) is 16.9 Å². The molecule has 0 radical (unpaired) electrons. The van der Waals surface area contributed by atoms with Crippen LogP contribution >= 0.6 is 0 Å². The van der Waals surface area contributed by atoms with Crippen molar-refractivity contribution < 1.29 is 35.9 Å². The van der Waals surface area contributed by atoms with E-state index < -0.39 is 30.1 Å². The summed E-state index contributed by atoms with van der Waals surface area (Å²) in [6, 6.07) is 7.36. The molecule has 0 atom stereocenters. The number of ether oxygens (including phenoxy) is 1. The van der Waals surface area contributed by atoms with Gasteiger partial charge in [-0.05, 0) is 49.4 Å². The van der Waals surface area contributed by atoms with Gasteiger partial charge < -0.3 is 10.1 Å². The Morgan fingerprint density at radius 2 is 1.80 bits per heavy atom. The normalized spacial score (nSPS) is 11.6. The summed E-state index contributed by atoms with van der Waals surface area (Å²) < 4.78 is 81.7. The molecule has 0 aliphatic rings. The number of hydrogen-bond donors (Lipinski definition) is 1. The van der Waals surface area contributed by atoms with Crippen LogP contribution in [0.25, 0.3) is 5.69 Å². The second-order valence-electron chi connectivity index (χ2n) is 5.95. The van der Waals surface area contributed by atoms with Gasteiger partial charge in [0.1, 0.15) is 11.6 Å². The van der Waals surface area contributed by atoms with Crippen LogP contribution in [0.4, 0.5) is 32.0 Å². The molecular weight excluding hydrogens is 418 g/mol. The molecule has 6 nitrogen and oxygen atoms in total. The number of carbonyl (C=O) groups is 1. The Morgan fingerprint density at radius 1 is 1.13 bits per heavy atom. The van der Waals surface area contributed by atoms with Crippen molar-refractivity contribution in [1.29, 1.82) is 0 Å². The summed E-state index contributed by atoms with van der Waals surface area (Å²) in [5, 5.41) is 9.70. The molecular formula is C18H12F6N4O2. The molecule has 1 N–H and O–H groups in total. The molecule has 1 aromatic heterocycles. The molecule has 0 saturated carbocycles. The van der Waals surface area contributed by atoms with Crippen LogP contribution in [0.15, 0.2) is 42.5 Å². The smallest absolute Gasteiger partial charge is 0.419 e. The maximum absolute atomic E-state index is 13.4. The van der Waals surface area contributed by atoms with E-state index in [2.05, 4.69) is 20.4 Å². The lowest BCUT2D eigenvalue weighted by atomic mass is 10.1. The van der Waals surface area contributed by atoms with Crippen LogP contribution in [0.2, 0.25) is 0 Å². The van der Waals surface area contributed by atoms with Crippen molar-refractivity contribution in [2.24, 2.45) is 0 Å². The van der Waals surface area contributed by atoms with Crippen LogP contribution in [-0.4, -0.2) is 27.5 Å². The van der Waals surface area contributed by atoms with E-state index >= 15 is 0 Å². The number of amides is 1. The molecule has 0 fully saturated rings. The Bertz CT molecular complexity index is 1060. The summed E-state index contributed by atoms with van der Waals surface area (Å²) in [5.41, 5.74) is -1.39. The molecule has 158 valence electrons. The number of anilines is 1. The Balaban J connectivity index is 1.81. The highest BCUT2D eigenvalue weighted by molar-refractivity contribution is 6.03. The minimum absolute atomic E-state index is 0.0822. The van der Waals surface area contributed by atoms with Gasteiger partial charge in [-0.1, -0.05) is 5.21 Å². The monoisotopic (exact) mass is 430 g/mol. The first-order valence-electron chi connectivity index (χ1n) is 8.22. The number of halogens is 6. The molecule has 1 amide bonds. The topological polar surface area (TPSA) is 69.0 Å². The van der Waals surface area contributed by atoms with E-state index in [4.69, 9.17) is 0 Å². The van der Waals surface area contributed by atoms with Gasteiger partial charge in [0.2, 0.25) is 0 Å². The van der Waals surface area contributed by atoms with Gasteiger partial charge in [0.25, 0.3) is 5.91 Å². The zero-order valence-electron chi connectivity index (χ0n) is 15.0. The lowest BCUT2D eigenvalue weighted by Crippen LogP contribution is -2.16. The van der Waals surface area contributed by atoms with Crippen LogP contribution in [0.3, 0.4) is 0 Å². The first kappa shape index (κ1) is 21.1. The van der Waals surface area contributed by atoms with Gasteiger partial charge in [-0.2, -0.15) is 22.0 Å². The minimum Gasteiger partial charge on any atom is -0.435 e. The van der Waals surface area contributed by atoms with E-state index in [1.807, 2.05) is 0 Å². The first-order valence-corrected chi connectivity index (χ1v) is 8.22. The van der Waals surface area contributed by atoms with E-state index in [9.17, 15) is 31.1 Å². The number of rotatable bonds is 5. The minimum atomic E-state index is -4.93. The van der Waals surface area contributed by atoms with Crippen molar-refractivity contribution in [1.82, 2.24) is 15.0 Å². The summed E-state index contributed by atoms with van der Waals surface area (Å²) >= 11 is 0. The lowest BCUT2D eigenvalue weighted by molar-refractivity contribution is -0.139. The molecule has 1 heterocycles. The lowest BCUT2D eigenvalue weighted by Gasteiger charge is -2.10. The molecule has 0 unspecified atom stereocenters. The molecule has 12 heteroatoms. The summed E-state index contributed by atoms with van der Waals surface area (Å²) in [7, 11) is 0. The highest BCUT2D eigenvalue weighted by Crippen LogP contribution is 2.33. The van der Waals surface area contributed by atoms with E-state index in [1.54, 1.807) is 0 Å². The van der Waals surface area contributed by atoms with Gasteiger partial charge in [-0.3, -0.25) is 4.79 Å². The predicted octanol–water partition coefficient (Wildman–Crippen LogP) is 4.59. The number of benzene rings is 2. The van der Waals surface area contributed by atoms with Crippen LogP contribution in [0.1, 0.15) is 21.7 Å². The number of carbonyl (C=O) groups excluding carboxylic acids is 1. The maximum Gasteiger partial charge on any atom is 0.419 e. The van der Waals surface area contributed by atoms with Crippen LogP contribution < -0.4 is 10.1 Å². The Labute approximate surface area is 165 Å². The van der Waals surface area contributed by atoms with Crippen molar-refractivity contribution in [3.8, 4) is 11.4 Å². The largest absolute Gasteiger partial charge is 0.435 e. The van der Waals surface area contributed by atoms with E-state index in [0.29, 0.717) is 17.8 Å². The molecule has 0 saturated heterocycles. The number of nitrogens with zero attached hydrogens (tertiary/aromatic N) is 3. The van der Waals surface area contributed by atoms with Crippen molar-refractivity contribution in [3.63, 3.8) is 0 Å². The van der Waals surface area contributed by atoms with Gasteiger partial charge in [0.15, 0.2) is 5.69 Å². The first-order chi connectivity index (χ1) is 14.1. The van der Waals surface area contributed by atoms with Gasteiger partial charge in [-0.15, -0.1) is 5.10 Å². The third-order valence-corrected chi connectivity index (χ3v) is 3.95. The molecule has 30 heavy (non-hydrogen) atoms. The summed E-state index contributed by atoms with van der Waals surface area (Å²) in [5.74, 6) is -2.42. The molecule has 3 aromatic rings. The van der Waals surface area contributed by atoms with Crippen molar-refractivity contribution in [3.05, 3.63) is 65.2 Å². The maximum atomic E-state index is 13.4. The van der Waals surface area contributed by atoms with E-state index in [1.165, 1.54) is 35.9 Å². The van der Waals surface area contributed by atoms with Crippen molar-refractivity contribution in [2.45, 2.75) is 19.7 Å². The highest BCUT2D eigenvalue weighted by Gasteiger charge is 2.34. The second-order valence-corrected chi connectivity index (χ2v) is 5.95. The summed E-state index contributed by atoms with van der Waals surface area (Å²) in [6.07, 6.45) is -4.93. The van der Waals surface area contributed by atoms with Crippen molar-refractivity contribution in [2.75, 3.05) is 5.32 Å². The zero-order chi connectivity index (χ0) is 22.1. The quantitative estimate of drug-likeness (QED) is 0.602. The number of nitrogens with one attached hydrogen (secondary N) is 1. The van der Waals surface area contributed by atoms with Gasteiger partial charge in [0, 0.05) is 5.69 Å². The Hall–Kier alpha value is -3.57. The summed E-state index contributed by atoms with van der Waals surface area (Å²) in [6.45, 7) is -1.51. The predicted molar refractivity (Wildman–Crippen MR) is 92.1 cm³/mol. The second kappa shape index (κ2) is 8.05. The molecule has 2 aromatic carbocycles.